The van der Waals surface area contributed by atoms with Crippen molar-refractivity contribution < 1.29 is 9.53 Å². The number of aryl methyl sites for hydroxylation is 1. The number of hydrogen-bond donors (Lipinski definition) is 1. The van der Waals surface area contributed by atoms with Crippen LogP contribution in [0.4, 0.5) is 5.69 Å². The van der Waals surface area contributed by atoms with Crippen molar-refractivity contribution in [1.82, 2.24) is 9.78 Å². The molecule has 9 heteroatoms. The van der Waals surface area contributed by atoms with E-state index in [-0.39, 0.29) is 5.69 Å². The van der Waals surface area contributed by atoms with E-state index in [0.29, 0.717) is 33.6 Å². The van der Waals surface area contributed by atoms with Gasteiger partial charge in [0.25, 0.3) is 5.91 Å². The number of benzene rings is 2. The van der Waals surface area contributed by atoms with Gasteiger partial charge in [0.2, 0.25) is 0 Å². The predicted octanol–water partition coefficient (Wildman–Crippen LogP) is 6.31. The van der Waals surface area contributed by atoms with Crippen LogP contribution in [0.5, 0.6) is 5.75 Å². The Bertz CT molecular complexity index is 1310. The highest BCUT2D eigenvalue weighted by Gasteiger charge is 2.28. The van der Waals surface area contributed by atoms with Gasteiger partial charge in [-0.25, -0.2) is 15.5 Å². The molecule has 2 aromatic heterocycles. The summed E-state index contributed by atoms with van der Waals surface area (Å²) in [6.07, 6.45) is 0.578. The molecule has 0 saturated carbocycles. The summed E-state index contributed by atoms with van der Waals surface area (Å²) in [5.41, 5.74) is 3.02. The van der Waals surface area contributed by atoms with Crippen LogP contribution in [0.1, 0.15) is 27.9 Å². The Morgan fingerprint density at radius 1 is 1.15 bits per heavy atom. The average Bonchev–Trinajstić information content (AvgIpc) is 3.41. The van der Waals surface area contributed by atoms with Crippen molar-refractivity contribution in [2.45, 2.75) is 20.3 Å². The molecule has 0 aliphatic heterocycles. The van der Waals surface area contributed by atoms with Crippen molar-refractivity contribution in [2.24, 2.45) is 5.84 Å². The second kappa shape index (κ2) is 9.57. The van der Waals surface area contributed by atoms with Gasteiger partial charge in [0.15, 0.2) is 5.69 Å². The molecule has 0 aliphatic rings. The molecule has 4 rings (SSSR count). The number of nitrogens with two attached hydrogens (primary N) is 1. The Kier molecular flexibility index (Phi) is 6.76. The number of anilines is 1. The lowest BCUT2D eigenvalue weighted by atomic mass is 10.1. The lowest BCUT2D eigenvalue weighted by molar-refractivity contribution is 0.0981. The fourth-order valence-corrected chi connectivity index (χ4v) is 4.99. The largest absolute Gasteiger partial charge is 0.497 e. The molecule has 0 bridgehead atoms. The molecule has 0 radical (unpaired) electrons. The average molecular weight is 501 g/mol. The van der Waals surface area contributed by atoms with Gasteiger partial charge in [-0.3, -0.25) is 4.79 Å². The molecule has 4 aromatic rings. The van der Waals surface area contributed by atoms with Gasteiger partial charge in [0.05, 0.1) is 34.1 Å². The second-order valence-electron chi connectivity index (χ2n) is 7.32. The number of carbonyl (C=O) groups excluding carboxylic acids is 1. The van der Waals surface area contributed by atoms with Gasteiger partial charge in [0.1, 0.15) is 5.75 Å². The summed E-state index contributed by atoms with van der Waals surface area (Å²) >= 11 is 14.3. The number of carbonyl (C=O) groups is 1. The van der Waals surface area contributed by atoms with E-state index in [2.05, 4.69) is 0 Å². The van der Waals surface area contributed by atoms with E-state index in [9.17, 15) is 4.79 Å². The molecule has 1 amide bonds. The van der Waals surface area contributed by atoms with E-state index < -0.39 is 5.91 Å². The molecule has 0 atom stereocenters. The number of thiophene rings is 1. The smallest absolute Gasteiger partial charge is 0.293 e. The molecule has 0 spiro atoms. The number of hydrazine groups is 1. The summed E-state index contributed by atoms with van der Waals surface area (Å²) < 4.78 is 6.89. The van der Waals surface area contributed by atoms with E-state index in [1.54, 1.807) is 65.6 Å². The van der Waals surface area contributed by atoms with E-state index in [1.807, 2.05) is 26.0 Å². The number of rotatable bonds is 6. The van der Waals surface area contributed by atoms with Crippen LogP contribution in [0.2, 0.25) is 10.0 Å². The van der Waals surface area contributed by atoms with Crippen molar-refractivity contribution in [3.05, 3.63) is 80.8 Å². The SMILES string of the molecule is CCc1c(C(=O)N(N)c2ccc(OC)cc2)nn(-c2ccc(Cl)cc2Cl)c1-c1ccc(C)s1. The van der Waals surface area contributed by atoms with Crippen molar-refractivity contribution >= 4 is 46.1 Å². The van der Waals surface area contributed by atoms with Crippen LogP contribution in [0.15, 0.2) is 54.6 Å². The molecule has 2 aromatic carbocycles. The number of aromatic nitrogens is 2. The lowest BCUT2D eigenvalue weighted by Crippen LogP contribution is -2.38. The van der Waals surface area contributed by atoms with E-state index in [4.69, 9.17) is 38.9 Å². The monoisotopic (exact) mass is 500 g/mol. The predicted molar refractivity (Wildman–Crippen MR) is 135 cm³/mol. The lowest BCUT2D eigenvalue weighted by Gasteiger charge is -2.16. The Balaban J connectivity index is 1.88. The normalized spacial score (nSPS) is 11.0. The quantitative estimate of drug-likeness (QED) is 0.191. The standard InChI is InChI=1S/C24H22Cl2N4O2S/c1-4-18-22(24(31)29(27)16-7-9-17(32-3)10-8-16)28-30(20-11-6-15(25)13-19(20)26)23(18)21-12-5-14(2)33-21/h5-13H,4,27H2,1-3H3. The number of methoxy groups -OCH3 is 1. The van der Waals surface area contributed by atoms with E-state index in [0.717, 1.165) is 26.0 Å². The van der Waals surface area contributed by atoms with Gasteiger partial charge in [-0.05, 0) is 67.9 Å². The second-order valence-corrected chi connectivity index (χ2v) is 9.45. The fourth-order valence-electron chi connectivity index (χ4n) is 3.57. The first kappa shape index (κ1) is 23.3. The Morgan fingerprint density at radius 3 is 2.45 bits per heavy atom. The van der Waals surface area contributed by atoms with Crippen molar-refractivity contribution in [3.8, 4) is 22.0 Å². The van der Waals surface area contributed by atoms with E-state index in [1.165, 1.54) is 0 Å². The first-order valence-electron chi connectivity index (χ1n) is 10.2. The molecule has 170 valence electrons. The minimum atomic E-state index is -0.421. The maximum Gasteiger partial charge on any atom is 0.293 e. The minimum Gasteiger partial charge on any atom is -0.497 e. The van der Waals surface area contributed by atoms with Gasteiger partial charge in [-0.15, -0.1) is 11.3 Å². The third-order valence-electron chi connectivity index (χ3n) is 5.22. The number of ether oxygens (including phenoxy) is 1. The Labute approximate surface area is 206 Å². The topological polar surface area (TPSA) is 73.4 Å². The summed E-state index contributed by atoms with van der Waals surface area (Å²) in [6.45, 7) is 4.02. The zero-order chi connectivity index (χ0) is 23.7. The highest BCUT2D eigenvalue weighted by atomic mass is 35.5. The van der Waals surface area contributed by atoms with Gasteiger partial charge < -0.3 is 4.74 Å². The van der Waals surface area contributed by atoms with Crippen molar-refractivity contribution in [2.75, 3.05) is 12.1 Å². The van der Waals surface area contributed by atoms with Crippen LogP contribution in [-0.4, -0.2) is 22.8 Å². The molecule has 0 saturated heterocycles. The van der Waals surface area contributed by atoms with Crippen molar-refractivity contribution in [1.29, 1.82) is 0 Å². The number of halogens is 2. The number of nitrogens with zero attached hydrogens (tertiary/aromatic N) is 3. The molecule has 0 fully saturated rings. The molecule has 2 heterocycles. The zero-order valence-corrected chi connectivity index (χ0v) is 20.6. The van der Waals surface area contributed by atoms with Gasteiger partial charge in [0, 0.05) is 15.5 Å². The highest BCUT2D eigenvalue weighted by molar-refractivity contribution is 7.15. The van der Waals surface area contributed by atoms with E-state index >= 15 is 0 Å². The Morgan fingerprint density at radius 2 is 1.88 bits per heavy atom. The Hall–Kier alpha value is -2.84. The summed E-state index contributed by atoms with van der Waals surface area (Å²) in [5, 5.41) is 6.75. The third kappa shape index (κ3) is 4.50. The van der Waals surface area contributed by atoms with Crippen LogP contribution >= 0.6 is 34.5 Å². The summed E-state index contributed by atoms with van der Waals surface area (Å²) in [6, 6.07) is 16.2. The molecular weight excluding hydrogens is 479 g/mol. The van der Waals surface area contributed by atoms with Crippen LogP contribution in [-0.2, 0) is 6.42 Å². The summed E-state index contributed by atoms with van der Waals surface area (Å²) in [4.78, 5) is 15.6. The molecule has 33 heavy (non-hydrogen) atoms. The minimum absolute atomic E-state index is 0.267. The maximum atomic E-state index is 13.5. The first-order chi connectivity index (χ1) is 15.8. The summed E-state index contributed by atoms with van der Waals surface area (Å²) in [5.74, 6) is 6.48. The summed E-state index contributed by atoms with van der Waals surface area (Å²) in [7, 11) is 1.58. The van der Waals surface area contributed by atoms with Gasteiger partial charge >= 0.3 is 0 Å². The van der Waals surface area contributed by atoms with Crippen LogP contribution < -0.4 is 15.6 Å². The fraction of sp³-hybridized carbons (Fsp3) is 0.167. The third-order valence-corrected chi connectivity index (χ3v) is 6.77. The molecule has 2 N–H and O–H groups in total. The molecular formula is C24H22Cl2N4O2S. The molecule has 6 nitrogen and oxygen atoms in total. The zero-order valence-electron chi connectivity index (χ0n) is 18.3. The highest BCUT2D eigenvalue weighted by Crippen LogP contribution is 2.37. The molecule has 0 aliphatic carbocycles. The van der Waals surface area contributed by atoms with Crippen molar-refractivity contribution in [3.63, 3.8) is 0 Å². The number of hydrogen-bond acceptors (Lipinski definition) is 5. The van der Waals surface area contributed by atoms with Crippen LogP contribution in [0.3, 0.4) is 0 Å². The first-order valence-corrected chi connectivity index (χ1v) is 11.8. The maximum absolute atomic E-state index is 13.5. The van der Waals surface area contributed by atoms with Gasteiger partial charge in [-0.2, -0.15) is 5.10 Å². The van der Waals surface area contributed by atoms with Gasteiger partial charge in [-0.1, -0.05) is 30.1 Å². The number of amides is 1. The van der Waals surface area contributed by atoms with Crippen LogP contribution in [0, 0.1) is 6.92 Å². The van der Waals surface area contributed by atoms with Crippen LogP contribution in [0.25, 0.3) is 16.3 Å². The molecule has 0 unspecified atom stereocenters.